The average Bonchev–Trinajstić information content (AvgIpc) is 2.51. The van der Waals surface area contributed by atoms with Crippen molar-refractivity contribution in [1.82, 2.24) is 15.3 Å². The lowest BCUT2D eigenvalue weighted by atomic mass is 10.2. The first-order chi connectivity index (χ1) is 11.4. The van der Waals surface area contributed by atoms with Gasteiger partial charge in [0.15, 0.2) is 0 Å². The SMILES string of the molecule is CCCC[S@](=O)C[C@@H](CO)NC(=O)/C=C\c1c(C)[nH]c(=O)[nH]c1=O. The van der Waals surface area contributed by atoms with Crippen LogP contribution in [0.1, 0.15) is 31.0 Å². The summed E-state index contributed by atoms with van der Waals surface area (Å²) in [6.45, 7) is 3.21. The van der Waals surface area contributed by atoms with Gasteiger partial charge in [-0.15, -0.1) is 0 Å². The third-order valence-corrected chi connectivity index (χ3v) is 4.78. The topological polar surface area (TPSA) is 132 Å². The normalized spacial score (nSPS) is 13.8. The Morgan fingerprint density at radius 1 is 1.38 bits per heavy atom. The molecule has 0 radical (unpaired) electrons. The van der Waals surface area contributed by atoms with Crippen molar-refractivity contribution >= 4 is 22.8 Å². The van der Waals surface area contributed by atoms with Crippen molar-refractivity contribution in [3.63, 3.8) is 0 Å². The molecule has 0 aliphatic carbocycles. The van der Waals surface area contributed by atoms with E-state index >= 15 is 0 Å². The van der Waals surface area contributed by atoms with Gasteiger partial charge in [-0.2, -0.15) is 0 Å². The van der Waals surface area contributed by atoms with Gasteiger partial charge in [-0.1, -0.05) is 13.3 Å². The summed E-state index contributed by atoms with van der Waals surface area (Å²) in [5.41, 5.74) is -0.710. The Bertz CT molecular complexity index is 723. The number of unbranched alkanes of at least 4 members (excludes halogenated alkanes) is 1. The van der Waals surface area contributed by atoms with Gasteiger partial charge in [0.2, 0.25) is 5.91 Å². The summed E-state index contributed by atoms with van der Waals surface area (Å²) in [6.07, 6.45) is 4.17. The molecule has 1 amide bonds. The number of aliphatic hydroxyl groups is 1. The number of aliphatic hydroxyl groups excluding tert-OH is 1. The maximum atomic E-state index is 11.9. The number of aromatic amines is 2. The number of H-pyrrole nitrogens is 2. The molecular weight excluding hydrogens is 334 g/mol. The number of aromatic nitrogens is 2. The van der Waals surface area contributed by atoms with Crippen LogP contribution < -0.4 is 16.6 Å². The second-order valence-electron chi connectivity index (χ2n) is 5.33. The third kappa shape index (κ3) is 6.63. The van der Waals surface area contributed by atoms with Crippen molar-refractivity contribution in [3.05, 3.63) is 38.2 Å². The average molecular weight is 357 g/mol. The molecule has 0 saturated heterocycles. The van der Waals surface area contributed by atoms with Crippen LogP contribution in [0.5, 0.6) is 0 Å². The zero-order chi connectivity index (χ0) is 18.1. The van der Waals surface area contributed by atoms with Crippen molar-refractivity contribution in [2.75, 3.05) is 18.1 Å². The first kappa shape index (κ1) is 20.0. The first-order valence-electron chi connectivity index (χ1n) is 7.65. The maximum Gasteiger partial charge on any atom is 0.325 e. The van der Waals surface area contributed by atoms with E-state index in [2.05, 4.69) is 15.3 Å². The van der Waals surface area contributed by atoms with E-state index in [1.807, 2.05) is 6.92 Å². The Kier molecular flexibility index (Phi) is 8.34. The molecule has 0 fully saturated rings. The van der Waals surface area contributed by atoms with E-state index in [9.17, 15) is 23.7 Å². The monoisotopic (exact) mass is 357 g/mol. The molecule has 0 aromatic carbocycles. The Balaban J connectivity index is 2.69. The van der Waals surface area contributed by atoms with Gasteiger partial charge in [0.1, 0.15) is 0 Å². The number of carbonyl (C=O) groups excluding carboxylic acids is 1. The quantitative estimate of drug-likeness (QED) is 0.439. The molecular formula is C15H23N3O5S. The second-order valence-corrected chi connectivity index (χ2v) is 6.95. The number of nitrogens with one attached hydrogen (secondary N) is 3. The van der Waals surface area contributed by atoms with Crippen LogP contribution in [-0.4, -0.2) is 49.3 Å². The lowest BCUT2D eigenvalue weighted by Crippen LogP contribution is -2.40. The fourth-order valence-electron chi connectivity index (χ4n) is 1.97. The number of hydrogen-bond donors (Lipinski definition) is 4. The maximum absolute atomic E-state index is 11.9. The largest absolute Gasteiger partial charge is 0.394 e. The molecule has 1 rings (SSSR count). The van der Waals surface area contributed by atoms with Crippen LogP contribution in [0, 0.1) is 6.92 Å². The van der Waals surface area contributed by atoms with Crippen LogP contribution >= 0.6 is 0 Å². The molecule has 0 spiro atoms. The predicted molar refractivity (Wildman–Crippen MR) is 93.3 cm³/mol. The molecule has 0 saturated carbocycles. The summed E-state index contributed by atoms with van der Waals surface area (Å²) in [5.74, 6) is 0.186. The Hall–Kier alpha value is -2.00. The van der Waals surface area contributed by atoms with E-state index in [1.165, 1.54) is 6.08 Å². The number of rotatable bonds is 9. The molecule has 0 aliphatic heterocycles. The van der Waals surface area contributed by atoms with Crippen LogP contribution in [0.4, 0.5) is 0 Å². The Morgan fingerprint density at radius 2 is 2.08 bits per heavy atom. The molecule has 8 nitrogen and oxygen atoms in total. The first-order valence-corrected chi connectivity index (χ1v) is 9.13. The van der Waals surface area contributed by atoms with Gasteiger partial charge < -0.3 is 15.4 Å². The number of amides is 1. The summed E-state index contributed by atoms with van der Waals surface area (Å²) in [7, 11) is -1.11. The molecule has 24 heavy (non-hydrogen) atoms. The molecule has 9 heteroatoms. The highest BCUT2D eigenvalue weighted by molar-refractivity contribution is 7.85. The van der Waals surface area contributed by atoms with Gasteiger partial charge in [-0.3, -0.25) is 18.8 Å². The minimum absolute atomic E-state index is 0.164. The highest BCUT2D eigenvalue weighted by Gasteiger charge is 2.13. The van der Waals surface area contributed by atoms with Crippen LogP contribution in [0.25, 0.3) is 6.08 Å². The minimum atomic E-state index is -1.11. The van der Waals surface area contributed by atoms with E-state index < -0.39 is 34.0 Å². The van der Waals surface area contributed by atoms with Crippen LogP contribution in [0.2, 0.25) is 0 Å². The van der Waals surface area contributed by atoms with Gasteiger partial charge in [-0.05, 0) is 19.4 Å². The number of carbonyl (C=O) groups is 1. The molecule has 134 valence electrons. The van der Waals surface area contributed by atoms with Crippen molar-refractivity contribution in [2.24, 2.45) is 0 Å². The van der Waals surface area contributed by atoms with E-state index in [-0.39, 0.29) is 17.9 Å². The van der Waals surface area contributed by atoms with Crippen molar-refractivity contribution < 1.29 is 14.1 Å². The molecule has 0 aliphatic rings. The zero-order valence-electron chi connectivity index (χ0n) is 13.8. The molecule has 0 bridgehead atoms. The molecule has 2 atom stereocenters. The van der Waals surface area contributed by atoms with Crippen molar-refractivity contribution in [1.29, 1.82) is 0 Å². The van der Waals surface area contributed by atoms with E-state index in [0.29, 0.717) is 11.4 Å². The standard InChI is InChI=1S/C15H23N3O5S/c1-3-4-7-24(23)9-11(8-19)17-13(20)6-5-12-10(2)16-15(22)18-14(12)21/h5-6,11,19H,3-4,7-9H2,1-2H3,(H,17,20)(H2,16,18,21,22)/b6-5-/t11-,24+/m1/s1. The van der Waals surface area contributed by atoms with Crippen LogP contribution in [0.3, 0.4) is 0 Å². The fraction of sp³-hybridized carbons (Fsp3) is 0.533. The zero-order valence-corrected chi connectivity index (χ0v) is 14.6. The lowest BCUT2D eigenvalue weighted by Gasteiger charge is -2.14. The molecule has 4 N–H and O–H groups in total. The van der Waals surface area contributed by atoms with Gasteiger partial charge >= 0.3 is 5.69 Å². The van der Waals surface area contributed by atoms with Crippen molar-refractivity contribution in [2.45, 2.75) is 32.7 Å². The number of aryl methyl sites for hydroxylation is 1. The highest BCUT2D eigenvalue weighted by atomic mass is 32.2. The highest BCUT2D eigenvalue weighted by Crippen LogP contribution is 1.99. The predicted octanol–water partition coefficient (Wildman–Crippen LogP) is -0.589. The smallest absolute Gasteiger partial charge is 0.325 e. The number of hydrogen-bond acceptors (Lipinski definition) is 5. The third-order valence-electron chi connectivity index (χ3n) is 3.26. The van der Waals surface area contributed by atoms with E-state index in [4.69, 9.17) is 0 Å². The summed E-state index contributed by atoms with van der Waals surface area (Å²) in [6, 6.07) is -0.616. The Morgan fingerprint density at radius 3 is 2.67 bits per heavy atom. The van der Waals surface area contributed by atoms with Gasteiger partial charge in [-0.25, -0.2) is 4.79 Å². The van der Waals surface area contributed by atoms with Crippen LogP contribution in [0.15, 0.2) is 15.7 Å². The molecule has 1 aromatic heterocycles. The van der Waals surface area contributed by atoms with Gasteiger partial charge in [0.05, 0.1) is 18.2 Å². The Labute approximate surface area is 141 Å². The molecule has 1 aromatic rings. The second kappa shape index (κ2) is 9.99. The van der Waals surface area contributed by atoms with E-state index in [1.54, 1.807) is 6.92 Å². The minimum Gasteiger partial charge on any atom is -0.394 e. The molecule has 1 heterocycles. The lowest BCUT2D eigenvalue weighted by molar-refractivity contribution is -0.117. The summed E-state index contributed by atoms with van der Waals surface area (Å²) in [4.78, 5) is 39.1. The fourth-order valence-corrected chi connectivity index (χ4v) is 3.39. The molecule has 0 unspecified atom stereocenters. The van der Waals surface area contributed by atoms with Gasteiger partial charge in [0, 0.05) is 34.1 Å². The summed E-state index contributed by atoms with van der Waals surface area (Å²) in [5, 5.41) is 11.8. The van der Waals surface area contributed by atoms with E-state index in [0.717, 1.165) is 18.9 Å². The summed E-state index contributed by atoms with van der Waals surface area (Å²) < 4.78 is 11.8. The van der Waals surface area contributed by atoms with Crippen molar-refractivity contribution in [3.8, 4) is 0 Å². The summed E-state index contributed by atoms with van der Waals surface area (Å²) >= 11 is 0. The van der Waals surface area contributed by atoms with Crippen LogP contribution in [-0.2, 0) is 15.6 Å². The van der Waals surface area contributed by atoms with Gasteiger partial charge in [0.25, 0.3) is 5.56 Å².